The first-order chi connectivity index (χ1) is 8.65. The fourth-order valence-electron chi connectivity index (χ4n) is 3.75. The molecule has 0 aromatic rings. The largest absolute Gasteiger partial charge is 0.460 e. The van der Waals surface area contributed by atoms with Crippen LogP contribution < -0.4 is 0 Å². The zero-order chi connectivity index (χ0) is 14.5. The quantitative estimate of drug-likeness (QED) is 0.738. The molecule has 0 aromatic carbocycles. The van der Waals surface area contributed by atoms with Crippen molar-refractivity contribution in [1.29, 1.82) is 0 Å². The highest BCUT2D eigenvalue weighted by atomic mass is 19.3. The number of ether oxygens (including phenoxy) is 2. The summed E-state index contributed by atoms with van der Waals surface area (Å²) < 4.78 is 36.7. The number of alkyl halides is 2. The summed E-state index contributed by atoms with van der Waals surface area (Å²) in [5.41, 5.74) is -0.323. The van der Waals surface area contributed by atoms with Crippen molar-refractivity contribution >= 4 is 5.97 Å². The standard InChI is InChI=1S/C14H22F2O3/c1-5-18-11(17)14(15,16)19-10-8-9-6-7-13(10,4)12(9,2)3/h9-10H,5-8H2,1-4H3. The SMILES string of the molecule is CCOC(=O)C(F)(F)OC1CC2CCC1(C)C2(C)C. The maximum absolute atomic E-state index is 13.7. The summed E-state index contributed by atoms with van der Waals surface area (Å²) in [6.45, 7) is 7.63. The predicted octanol–water partition coefficient (Wildman–Crippen LogP) is 3.37. The normalized spacial score (nSPS) is 36.5. The van der Waals surface area contributed by atoms with Crippen LogP contribution in [0.15, 0.2) is 0 Å². The van der Waals surface area contributed by atoms with Gasteiger partial charge in [0.1, 0.15) is 0 Å². The van der Waals surface area contributed by atoms with Crippen LogP contribution in [0.1, 0.15) is 47.0 Å². The van der Waals surface area contributed by atoms with Crippen LogP contribution >= 0.6 is 0 Å². The van der Waals surface area contributed by atoms with Gasteiger partial charge in [0.15, 0.2) is 0 Å². The molecule has 2 saturated carbocycles. The van der Waals surface area contributed by atoms with Crippen LogP contribution in [0.25, 0.3) is 0 Å². The molecule has 19 heavy (non-hydrogen) atoms. The van der Waals surface area contributed by atoms with E-state index in [4.69, 9.17) is 4.74 Å². The molecule has 110 valence electrons. The zero-order valence-electron chi connectivity index (χ0n) is 12.0. The van der Waals surface area contributed by atoms with Crippen LogP contribution in [0.4, 0.5) is 8.78 Å². The average molecular weight is 276 g/mol. The predicted molar refractivity (Wildman–Crippen MR) is 65.7 cm³/mol. The molecule has 2 bridgehead atoms. The number of carbonyl (C=O) groups is 1. The molecule has 0 amide bonds. The number of hydrogen-bond acceptors (Lipinski definition) is 3. The first-order valence-corrected chi connectivity index (χ1v) is 6.88. The molecule has 3 atom stereocenters. The van der Waals surface area contributed by atoms with Crippen LogP contribution in [0.3, 0.4) is 0 Å². The lowest BCUT2D eigenvalue weighted by Crippen LogP contribution is -2.44. The average Bonchev–Trinajstić information content (AvgIpc) is 2.62. The summed E-state index contributed by atoms with van der Waals surface area (Å²) in [7, 11) is 0. The minimum Gasteiger partial charge on any atom is -0.460 e. The minimum atomic E-state index is -3.84. The second-order valence-corrected chi connectivity index (χ2v) is 6.45. The molecule has 5 heteroatoms. The van der Waals surface area contributed by atoms with Crippen molar-refractivity contribution in [1.82, 2.24) is 0 Å². The van der Waals surface area contributed by atoms with Crippen molar-refractivity contribution in [2.45, 2.75) is 59.2 Å². The lowest BCUT2D eigenvalue weighted by atomic mass is 9.70. The van der Waals surface area contributed by atoms with Crippen LogP contribution in [0.2, 0.25) is 0 Å². The van der Waals surface area contributed by atoms with Crippen LogP contribution in [0, 0.1) is 16.7 Å². The Labute approximate surface area is 112 Å². The molecule has 0 saturated heterocycles. The number of halogens is 2. The summed E-state index contributed by atoms with van der Waals surface area (Å²) in [6.07, 6.45) is -1.91. The van der Waals surface area contributed by atoms with Gasteiger partial charge in [-0.3, -0.25) is 0 Å². The van der Waals surface area contributed by atoms with E-state index in [0.29, 0.717) is 12.3 Å². The van der Waals surface area contributed by atoms with Crippen molar-refractivity contribution in [2.24, 2.45) is 16.7 Å². The van der Waals surface area contributed by atoms with E-state index in [1.165, 1.54) is 6.92 Å². The monoisotopic (exact) mass is 276 g/mol. The van der Waals surface area contributed by atoms with Crippen LogP contribution in [0.5, 0.6) is 0 Å². The van der Waals surface area contributed by atoms with E-state index in [1.807, 2.05) is 6.92 Å². The van der Waals surface area contributed by atoms with Gasteiger partial charge < -0.3 is 9.47 Å². The molecule has 0 N–H and O–H groups in total. The molecule has 2 aliphatic rings. The second-order valence-electron chi connectivity index (χ2n) is 6.45. The third-order valence-corrected chi connectivity index (χ3v) is 5.52. The van der Waals surface area contributed by atoms with Gasteiger partial charge in [-0.05, 0) is 42.9 Å². The zero-order valence-corrected chi connectivity index (χ0v) is 12.0. The molecule has 2 fully saturated rings. The third kappa shape index (κ3) is 2.06. The molecule has 2 rings (SSSR count). The van der Waals surface area contributed by atoms with E-state index >= 15 is 0 Å². The number of rotatable bonds is 4. The van der Waals surface area contributed by atoms with Gasteiger partial charge in [0, 0.05) is 0 Å². The Hall–Kier alpha value is -0.710. The van der Waals surface area contributed by atoms with E-state index in [-0.39, 0.29) is 17.4 Å². The highest BCUT2D eigenvalue weighted by Gasteiger charge is 2.64. The maximum atomic E-state index is 13.7. The Kier molecular flexibility index (Phi) is 3.40. The molecular formula is C14H22F2O3. The Morgan fingerprint density at radius 3 is 2.42 bits per heavy atom. The fraction of sp³-hybridized carbons (Fsp3) is 0.929. The Bertz CT molecular complexity index is 381. The molecule has 0 heterocycles. The van der Waals surface area contributed by atoms with Gasteiger partial charge in [0.2, 0.25) is 0 Å². The molecule has 3 unspecified atom stereocenters. The first kappa shape index (κ1) is 14.7. The summed E-state index contributed by atoms with van der Waals surface area (Å²) in [4.78, 5) is 11.2. The molecule has 0 aliphatic heterocycles. The summed E-state index contributed by atoms with van der Waals surface area (Å²) in [5.74, 6) is -1.19. The number of esters is 1. The van der Waals surface area contributed by atoms with Crippen molar-refractivity contribution < 1.29 is 23.0 Å². The minimum absolute atomic E-state index is 0.0254. The fourth-order valence-corrected chi connectivity index (χ4v) is 3.75. The summed E-state index contributed by atoms with van der Waals surface area (Å²) in [5, 5.41) is 0. The Morgan fingerprint density at radius 2 is 2.00 bits per heavy atom. The maximum Gasteiger partial charge on any atom is 0.456 e. The highest BCUT2D eigenvalue weighted by Crippen LogP contribution is 2.66. The topological polar surface area (TPSA) is 35.5 Å². The molecule has 0 radical (unpaired) electrons. The molecule has 2 aliphatic carbocycles. The first-order valence-electron chi connectivity index (χ1n) is 6.88. The highest BCUT2D eigenvalue weighted by molar-refractivity contribution is 5.75. The lowest BCUT2D eigenvalue weighted by molar-refractivity contribution is -0.280. The lowest BCUT2D eigenvalue weighted by Gasteiger charge is -2.39. The van der Waals surface area contributed by atoms with Crippen molar-refractivity contribution in [3.05, 3.63) is 0 Å². The van der Waals surface area contributed by atoms with Gasteiger partial charge in [-0.1, -0.05) is 20.8 Å². The van der Waals surface area contributed by atoms with Crippen molar-refractivity contribution in [2.75, 3.05) is 6.61 Å². The number of carbonyl (C=O) groups excluding carboxylic acids is 1. The van der Waals surface area contributed by atoms with E-state index < -0.39 is 18.2 Å². The summed E-state index contributed by atoms with van der Waals surface area (Å²) in [6, 6.07) is 0. The summed E-state index contributed by atoms with van der Waals surface area (Å²) >= 11 is 0. The van der Waals surface area contributed by atoms with Gasteiger partial charge in [-0.25, -0.2) is 4.79 Å². The van der Waals surface area contributed by atoms with Crippen molar-refractivity contribution in [3.8, 4) is 0 Å². The van der Waals surface area contributed by atoms with E-state index in [2.05, 4.69) is 18.6 Å². The van der Waals surface area contributed by atoms with Crippen LogP contribution in [-0.2, 0) is 14.3 Å². The van der Waals surface area contributed by atoms with Gasteiger partial charge in [-0.15, -0.1) is 0 Å². The van der Waals surface area contributed by atoms with Gasteiger partial charge in [0.25, 0.3) is 0 Å². The number of fused-ring (bicyclic) bond motifs is 2. The van der Waals surface area contributed by atoms with Gasteiger partial charge in [0.05, 0.1) is 12.7 Å². The molecule has 0 spiro atoms. The molecule has 3 nitrogen and oxygen atoms in total. The number of hydrogen-bond donors (Lipinski definition) is 0. The molecular weight excluding hydrogens is 254 g/mol. The van der Waals surface area contributed by atoms with Crippen molar-refractivity contribution in [3.63, 3.8) is 0 Å². The Morgan fingerprint density at radius 1 is 1.37 bits per heavy atom. The second kappa shape index (κ2) is 4.40. The van der Waals surface area contributed by atoms with Crippen LogP contribution in [-0.4, -0.2) is 24.8 Å². The van der Waals surface area contributed by atoms with E-state index in [9.17, 15) is 13.6 Å². The third-order valence-electron chi connectivity index (χ3n) is 5.52. The Balaban J connectivity index is 2.11. The van der Waals surface area contributed by atoms with Gasteiger partial charge >= 0.3 is 12.1 Å². The molecule has 0 aromatic heterocycles. The van der Waals surface area contributed by atoms with Gasteiger partial charge in [-0.2, -0.15) is 8.78 Å². The van der Waals surface area contributed by atoms with E-state index in [0.717, 1.165) is 12.8 Å². The smallest absolute Gasteiger partial charge is 0.456 e. The van der Waals surface area contributed by atoms with E-state index in [1.54, 1.807) is 0 Å².